The summed E-state index contributed by atoms with van der Waals surface area (Å²) in [4.78, 5) is 31.3. The number of rotatable bonds is 9. The van der Waals surface area contributed by atoms with Crippen LogP contribution in [0, 0.1) is 0 Å². The summed E-state index contributed by atoms with van der Waals surface area (Å²) >= 11 is 6.65. The van der Waals surface area contributed by atoms with Gasteiger partial charge < -0.3 is 33.5 Å². The highest BCUT2D eigenvalue weighted by atomic mass is 35.5. The Morgan fingerprint density at radius 3 is 1.91 bits per heavy atom. The second-order valence-electron chi connectivity index (χ2n) is 10.5. The molecule has 10 heteroatoms. The third-order valence-corrected chi connectivity index (χ3v) is 8.33. The van der Waals surface area contributed by atoms with E-state index in [2.05, 4.69) is 0 Å². The Kier molecular flexibility index (Phi) is 7.73. The molecule has 2 aliphatic heterocycles. The molecule has 0 spiro atoms. The molecule has 0 saturated carbocycles. The Morgan fingerprint density at radius 2 is 1.32 bits per heavy atom. The number of carbonyl (C=O) groups excluding carboxylic acids is 2. The zero-order valence-electron chi connectivity index (χ0n) is 24.7. The fraction of sp³-hybridized carbons (Fsp3) is 0.235. The van der Waals surface area contributed by atoms with Gasteiger partial charge in [-0.15, -0.1) is 0 Å². The van der Waals surface area contributed by atoms with E-state index in [1.54, 1.807) is 68.6 Å². The van der Waals surface area contributed by atoms with Gasteiger partial charge in [-0.25, -0.2) is 0 Å². The van der Waals surface area contributed by atoms with Crippen molar-refractivity contribution in [1.29, 1.82) is 0 Å². The maximum absolute atomic E-state index is 14.1. The minimum absolute atomic E-state index is 0.178. The molecule has 2 aliphatic rings. The maximum atomic E-state index is 14.1. The topological polar surface area (TPSA) is 86.8 Å². The summed E-state index contributed by atoms with van der Waals surface area (Å²) in [6, 6.07) is 25.5. The molecule has 9 nitrogen and oxygen atoms in total. The van der Waals surface area contributed by atoms with Crippen molar-refractivity contribution >= 4 is 29.1 Å². The first kappa shape index (κ1) is 29.2. The van der Waals surface area contributed by atoms with Gasteiger partial charge >= 0.3 is 0 Å². The lowest BCUT2D eigenvalue weighted by atomic mass is 9.69. The van der Waals surface area contributed by atoms with Crippen molar-refractivity contribution in [3.8, 4) is 28.7 Å². The molecule has 0 aromatic heterocycles. The van der Waals surface area contributed by atoms with E-state index in [0.717, 1.165) is 11.1 Å². The highest BCUT2D eigenvalue weighted by molar-refractivity contribution is 6.30. The van der Waals surface area contributed by atoms with E-state index in [1.807, 2.05) is 54.6 Å². The van der Waals surface area contributed by atoms with Crippen LogP contribution in [0.1, 0.15) is 16.7 Å². The lowest BCUT2D eigenvalue weighted by molar-refractivity contribution is -0.177. The molecular weight excluding hydrogens is 584 g/mol. The molecule has 0 aliphatic carbocycles. The van der Waals surface area contributed by atoms with Gasteiger partial charge in [0, 0.05) is 34.9 Å². The Morgan fingerprint density at radius 1 is 0.750 bits per heavy atom. The summed E-state index contributed by atoms with van der Waals surface area (Å²) < 4.78 is 28.3. The summed E-state index contributed by atoms with van der Waals surface area (Å²) in [5.74, 6) is 2.00. The van der Waals surface area contributed by atoms with Crippen LogP contribution < -0.4 is 28.6 Å². The Balaban J connectivity index is 1.53. The van der Waals surface area contributed by atoms with Gasteiger partial charge in [0.15, 0.2) is 0 Å². The largest absolute Gasteiger partial charge is 0.497 e. The first-order valence-electron chi connectivity index (χ1n) is 13.9. The summed E-state index contributed by atoms with van der Waals surface area (Å²) in [6.07, 6.45) is -1.02. The molecular formula is C34H31ClN2O7. The molecule has 0 N–H and O–H groups in total. The van der Waals surface area contributed by atoms with E-state index in [0.29, 0.717) is 45.0 Å². The van der Waals surface area contributed by atoms with Gasteiger partial charge in [-0.2, -0.15) is 0 Å². The van der Waals surface area contributed by atoms with E-state index in [9.17, 15) is 9.59 Å². The maximum Gasteiger partial charge on any atom is 0.268 e. The third-order valence-electron chi connectivity index (χ3n) is 8.09. The van der Waals surface area contributed by atoms with Crippen LogP contribution in [0.4, 0.5) is 5.69 Å². The zero-order chi connectivity index (χ0) is 31.0. The van der Waals surface area contributed by atoms with Crippen LogP contribution in [-0.2, 0) is 21.7 Å². The SMILES string of the molecule is COc1cc(CN2C(=O)CN3C(=O)C(Oc4cc(OC)cc(OC)c4)C3(c3ccccc3)c3cc(Cl)ccc32)cc(OC)c1. The Bertz CT molecular complexity index is 1690. The van der Waals surface area contributed by atoms with Crippen molar-refractivity contribution in [2.24, 2.45) is 0 Å². The molecule has 4 aromatic carbocycles. The monoisotopic (exact) mass is 614 g/mol. The second kappa shape index (κ2) is 11.7. The van der Waals surface area contributed by atoms with Gasteiger partial charge in [-0.1, -0.05) is 41.9 Å². The number of anilines is 1. The van der Waals surface area contributed by atoms with Gasteiger partial charge in [-0.05, 0) is 41.5 Å². The molecule has 6 rings (SSSR count). The zero-order valence-corrected chi connectivity index (χ0v) is 25.5. The molecule has 0 radical (unpaired) electrons. The molecule has 226 valence electrons. The summed E-state index contributed by atoms with van der Waals surface area (Å²) in [7, 11) is 6.24. The Labute approximate surface area is 260 Å². The molecule has 1 saturated heterocycles. The number of carbonyl (C=O) groups is 2. The van der Waals surface area contributed by atoms with E-state index in [4.69, 9.17) is 35.3 Å². The lowest BCUT2D eigenvalue weighted by Gasteiger charge is -2.56. The molecule has 44 heavy (non-hydrogen) atoms. The van der Waals surface area contributed by atoms with Gasteiger partial charge in [0.1, 0.15) is 40.8 Å². The fourth-order valence-corrected chi connectivity index (χ4v) is 6.22. The molecule has 4 aromatic rings. The number of amides is 2. The van der Waals surface area contributed by atoms with E-state index in [1.165, 1.54) is 0 Å². The standard InChI is InChI=1S/C34H31ClN2O7/c1-40-24-12-21(13-25(15-24)41-2)19-36-30-11-10-23(35)14-29(30)34(22-8-6-5-7-9-22)32(33(39)37(34)20-31(36)38)44-28-17-26(42-3)16-27(18-28)43-4/h5-18,32H,19-20H2,1-4H3. The van der Waals surface area contributed by atoms with E-state index < -0.39 is 11.6 Å². The van der Waals surface area contributed by atoms with Crippen LogP contribution in [0.25, 0.3) is 0 Å². The smallest absolute Gasteiger partial charge is 0.268 e. The fourth-order valence-electron chi connectivity index (χ4n) is 6.05. The number of halogens is 1. The number of hydrogen-bond donors (Lipinski definition) is 0. The normalized spacial score (nSPS) is 18.9. The molecule has 1 fully saturated rings. The van der Waals surface area contributed by atoms with Gasteiger partial charge in [-0.3, -0.25) is 9.59 Å². The number of fused-ring (bicyclic) bond motifs is 3. The summed E-state index contributed by atoms with van der Waals surface area (Å²) in [5, 5.41) is 0.456. The van der Waals surface area contributed by atoms with Crippen LogP contribution in [0.5, 0.6) is 28.7 Å². The van der Waals surface area contributed by atoms with Crippen molar-refractivity contribution in [1.82, 2.24) is 4.90 Å². The quantitative estimate of drug-likeness (QED) is 0.232. The predicted octanol–water partition coefficient (Wildman–Crippen LogP) is 5.45. The number of benzene rings is 4. The molecule has 2 atom stereocenters. The minimum Gasteiger partial charge on any atom is -0.497 e. The third kappa shape index (κ3) is 4.83. The molecule has 2 amide bonds. The predicted molar refractivity (Wildman–Crippen MR) is 165 cm³/mol. The lowest BCUT2D eigenvalue weighted by Crippen LogP contribution is -2.74. The average molecular weight is 615 g/mol. The highest BCUT2D eigenvalue weighted by Gasteiger charge is 2.66. The molecule has 2 unspecified atom stereocenters. The summed E-state index contributed by atoms with van der Waals surface area (Å²) in [5.41, 5.74) is 1.66. The van der Waals surface area contributed by atoms with Crippen molar-refractivity contribution < 1.29 is 33.3 Å². The van der Waals surface area contributed by atoms with E-state index >= 15 is 0 Å². The second-order valence-corrected chi connectivity index (χ2v) is 10.9. The van der Waals surface area contributed by atoms with Crippen LogP contribution >= 0.6 is 11.6 Å². The highest BCUT2D eigenvalue weighted by Crippen LogP contribution is 2.54. The van der Waals surface area contributed by atoms with Crippen molar-refractivity contribution in [2.75, 3.05) is 39.9 Å². The first-order chi connectivity index (χ1) is 21.3. The number of β-lactam (4-membered cyclic amide) rings is 1. The van der Waals surface area contributed by atoms with Crippen molar-refractivity contribution in [3.63, 3.8) is 0 Å². The molecule has 2 heterocycles. The number of nitrogens with zero attached hydrogens (tertiary/aromatic N) is 2. The van der Waals surface area contributed by atoms with E-state index in [-0.39, 0.29) is 24.9 Å². The van der Waals surface area contributed by atoms with Gasteiger partial charge in [0.25, 0.3) is 5.91 Å². The van der Waals surface area contributed by atoms with Gasteiger partial charge in [0.2, 0.25) is 12.0 Å². The van der Waals surface area contributed by atoms with Crippen molar-refractivity contribution in [3.05, 3.63) is 107 Å². The number of ether oxygens (including phenoxy) is 5. The van der Waals surface area contributed by atoms with Crippen molar-refractivity contribution in [2.45, 2.75) is 18.2 Å². The molecule has 0 bridgehead atoms. The van der Waals surface area contributed by atoms with Crippen LogP contribution in [-0.4, -0.2) is 57.8 Å². The summed E-state index contributed by atoms with van der Waals surface area (Å²) in [6.45, 7) is 0.0228. The van der Waals surface area contributed by atoms with Crippen LogP contribution in [0.2, 0.25) is 5.02 Å². The minimum atomic E-state index is -1.18. The van der Waals surface area contributed by atoms with Gasteiger partial charge in [0.05, 0.1) is 40.7 Å². The van der Waals surface area contributed by atoms with Crippen LogP contribution in [0.3, 0.4) is 0 Å². The number of hydrogen-bond acceptors (Lipinski definition) is 7. The first-order valence-corrected chi connectivity index (χ1v) is 14.3. The number of methoxy groups -OCH3 is 4. The Hall–Kier alpha value is -4.89. The van der Waals surface area contributed by atoms with Crippen LogP contribution in [0.15, 0.2) is 84.9 Å². The average Bonchev–Trinajstić information content (AvgIpc) is 3.14.